The summed E-state index contributed by atoms with van der Waals surface area (Å²) in [5.74, 6) is 1.05. The van der Waals surface area contributed by atoms with Gasteiger partial charge < -0.3 is 19.1 Å². The fourth-order valence-corrected chi connectivity index (χ4v) is 10.5. The van der Waals surface area contributed by atoms with Gasteiger partial charge >= 0.3 is 5.82 Å². The SMILES string of the molecule is CO[C@H]1/C=C/C[C@H](C)CS(=O)(N[N+](=O)c2cc3n(n2)CCO3)=NC(=O)c2ccc3c(c2)N(C[C@@H]2CC[C@H]21)C[C@@]1(CCCc2cc(C)ccc21)CO3. The molecule has 1 spiro atoms. The van der Waals surface area contributed by atoms with Crippen LogP contribution in [0.1, 0.15) is 66.1 Å². The van der Waals surface area contributed by atoms with Gasteiger partial charge in [0.05, 0.1) is 29.2 Å². The lowest BCUT2D eigenvalue weighted by Crippen LogP contribution is -2.49. The van der Waals surface area contributed by atoms with Crippen LogP contribution in [-0.2, 0) is 33.0 Å². The van der Waals surface area contributed by atoms with Crippen LogP contribution in [0.5, 0.6) is 11.6 Å². The molecule has 1 aromatic heterocycles. The van der Waals surface area contributed by atoms with Gasteiger partial charge in [0.15, 0.2) is 9.92 Å². The molecule has 2 bridgehead atoms. The van der Waals surface area contributed by atoms with Gasteiger partial charge in [0.25, 0.3) is 5.91 Å². The summed E-state index contributed by atoms with van der Waals surface area (Å²) in [5.41, 5.74) is 4.92. The summed E-state index contributed by atoms with van der Waals surface area (Å²) in [4.78, 5) is 32.6. The van der Waals surface area contributed by atoms with Crippen molar-refractivity contribution >= 4 is 27.3 Å². The molecule has 3 aromatic rings. The number of rotatable bonds is 4. The average molecular weight is 716 g/mol. The molecule has 1 unspecified atom stereocenters. The molecule has 1 saturated carbocycles. The minimum Gasteiger partial charge on any atom is -0.490 e. The molecule has 1 fully saturated rings. The summed E-state index contributed by atoms with van der Waals surface area (Å²) in [6.45, 7) is 7.17. The summed E-state index contributed by atoms with van der Waals surface area (Å²) in [5, 5.41) is 4.27. The Morgan fingerprint density at radius 1 is 1.14 bits per heavy atom. The Morgan fingerprint density at radius 2 is 2.02 bits per heavy atom. The number of aryl methyl sites for hydroxylation is 2. The number of methoxy groups -OCH3 is 1. The van der Waals surface area contributed by atoms with Crippen LogP contribution in [0.3, 0.4) is 0 Å². The van der Waals surface area contributed by atoms with Crippen molar-refractivity contribution in [3.63, 3.8) is 0 Å². The van der Waals surface area contributed by atoms with Crippen molar-refractivity contribution in [2.45, 2.75) is 70.4 Å². The second-order valence-electron chi connectivity index (χ2n) is 15.1. The van der Waals surface area contributed by atoms with Crippen molar-refractivity contribution in [1.29, 1.82) is 0 Å². The molecule has 5 aliphatic rings. The van der Waals surface area contributed by atoms with Gasteiger partial charge in [0.2, 0.25) is 5.88 Å². The van der Waals surface area contributed by atoms with Crippen molar-refractivity contribution in [2.75, 3.05) is 44.1 Å². The standard InChI is InChI=1S/C38H46N6O6S/c1-25-9-13-31-27(18-25)7-5-15-38(31)23-42-21-29-10-12-30(29)33(48-3)8-4-6-26(2)22-51(47,41-44(46)35-20-36-43(39-35)16-17-49-36)40-37(45)28-11-14-34(50-24-38)32(42)19-28/h4,8-9,11,13-14,18-20,26,29-30,33H,5-7,10,12,15-17,21-24H2,1-3H3/p+1/b8-4+/t26-,29-,30+,33-,38-,51?/m0/s1. The predicted octanol–water partition coefficient (Wildman–Crippen LogP) is 5.83. The number of hydrogen-bond acceptors (Lipinski definition) is 8. The highest BCUT2D eigenvalue weighted by Gasteiger charge is 2.44. The fraction of sp³-hybridized carbons (Fsp3) is 0.526. The lowest BCUT2D eigenvalue weighted by Gasteiger charge is -2.46. The highest BCUT2D eigenvalue weighted by molar-refractivity contribution is 7.91. The highest BCUT2D eigenvalue weighted by atomic mass is 32.2. The van der Waals surface area contributed by atoms with Crippen LogP contribution in [-0.4, -0.2) is 70.0 Å². The monoisotopic (exact) mass is 715 g/mol. The first kappa shape index (κ1) is 33.9. The van der Waals surface area contributed by atoms with E-state index in [9.17, 15) is 13.9 Å². The number of nitrogens with zero attached hydrogens (tertiary/aromatic N) is 5. The zero-order valence-electron chi connectivity index (χ0n) is 29.6. The number of ether oxygens (including phenoxy) is 3. The van der Waals surface area contributed by atoms with Gasteiger partial charge in [-0.3, -0.25) is 4.79 Å². The summed E-state index contributed by atoms with van der Waals surface area (Å²) in [6.07, 6.45) is 10.0. The van der Waals surface area contributed by atoms with Gasteiger partial charge in [0.1, 0.15) is 29.8 Å². The molecule has 1 amide bonds. The van der Waals surface area contributed by atoms with E-state index >= 15 is 0 Å². The lowest BCUT2D eigenvalue weighted by atomic mass is 9.68. The van der Waals surface area contributed by atoms with Gasteiger partial charge in [-0.2, -0.15) is 0 Å². The molecule has 0 radical (unpaired) electrons. The Labute approximate surface area is 299 Å². The topological polar surface area (TPSA) is 127 Å². The lowest BCUT2D eigenvalue weighted by molar-refractivity contribution is -0.505. The van der Waals surface area contributed by atoms with E-state index in [1.165, 1.54) is 22.8 Å². The zero-order valence-corrected chi connectivity index (χ0v) is 30.4. The Balaban J connectivity index is 1.19. The van der Waals surface area contributed by atoms with Crippen LogP contribution < -0.4 is 19.2 Å². The Kier molecular flexibility index (Phi) is 8.90. The maximum absolute atomic E-state index is 14.5. The number of fused-ring (bicyclic) bond motifs is 5. The predicted molar refractivity (Wildman–Crippen MR) is 194 cm³/mol. The first-order valence-corrected chi connectivity index (χ1v) is 19.9. The Morgan fingerprint density at radius 3 is 2.82 bits per heavy atom. The van der Waals surface area contributed by atoms with Crippen LogP contribution >= 0.6 is 0 Å². The van der Waals surface area contributed by atoms with Crippen molar-refractivity contribution in [3.05, 3.63) is 81.8 Å². The van der Waals surface area contributed by atoms with E-state index in [1.807, 2.05) is 19.1 Å². The smallest absolute Gasteiger partial charge is 0.419 e. The number of hydrogen-bond donors (Lipinski definition) is 1. The molecule has 8 rings (SSSR count). The van der Waals surface area contributed by atoms with Crippen LogP contribution in [0.25, 0.3) is 0 Å². The first-order valence-electron chi connectivity index (χ1n) is 18.2. The molecular formula is C38H47N6O6S+. The van der Waals surface area contributed by atoms with E-state index < -0.39 is 15.8 Å². The summed E-state index contributed by atoms with van der Waals surface area (Å²) >= 11 is 0. The second-order valence-corrected chi connectivity index (χ2v) is 17.1. The van der Waals surface area contributed by atoms with Gasteiger partial charge in [0, 0.05) is 31.2 Å². The summed E-state index contributed by atoms with van der Waals surface area (Å²) < 4.78 is 38.6. The first-order chi connectivity index (χ1) is 24.6. The molecule has 1 N–H and O–H groups in total. The number of amides is 1. The maximum Gasteiger partial charge on any atom is 0.419 e. The summed E-state index contributed by atoms with van der Waals surface area (Å²) in [7, 11) is -1.83. The normalized spacial score (nSPS) is 30.7. The van der Waals surface area contributed by atoms with E-state index in [0.29, 0.717) is 54.3 Å². The molecule has 12 nitrogen and oxygen atoms in total. The number of allylic oxidation sites excluding steroid dienone is 1. The van der Waals surface area contributed by atoms with Gasteiger partial charge in [-0.25, -0.2) is 4.21 Å². The van der Waals surface area contributed by atoms with E-state index in [2.05, 4.69) is 56.5 Å². The number of anilines is 1. The molecule has 13 heteroatoms. The Hall–Kier alpha value is -4.23. The molecule has 270 valence electrons. The number of hydrazine groups is 1. The number of nitrogens with one attached hydrogen (secondary N) is 1. The molecule has 3 aliphatic heterocycles. The van der Waals surface area contributed by atoms with Crippen molar-refractivity contribution in [1.82, 2.24) is 14.6 Å². The molecule has 6 atom stereocenters. The quantitative estimate of drug-likeness (QED) is 0.203. The molecular weight excluding hydrogens is 669 g/mol. The number of carbonyl (C=O) groups is 1. The van der Waals surface area contributed by atoms with Crippen molar-refractivity contribution in [3.8, 4) is 11.6 Å². The largest absolute Gasteiger partial charge is 0.490 e. The average Bonchev–Trinajstić information content (AvgIpc) is 3.67. The molecule has 0 saturated heterocycles. The van der Waals surface area contributed by atoms with Crippen molar-refractivity contribution < 1.29 is 28.1 Å². The second kappa shape index (κ2) is 13.4. The van der Waals surface area contributed by atoms with E-state index in [-0.39, 0.29) is 29.0 Å². The third-order valence-electron chi connectivity index (χ3n) is 11.4. The van der Waals surface area contributed by atoms with Crippen LogP contribution in [0, 0.1) is 29.6 Å². The molecule has 51 heavy (non-hydrogen) atoms. The number of aromatic nitrogens is 2. The number of nitroso groups, excluding NO2 is 1. The molecule has 2 aromatic carbocycles. The van der Waals surface area contributed by atoms with E-state index in [0.717, 1.165) is 56.6 Å². The number of carbonyl (C=O) groups excluding carboxylic acids is 1. The fourth-order valence-electron chi connectivity index (χ4n) is 8.70. The highest BCUT2D eigenvalue weighted by Crippen LogP contribution is 2.47. The van der Waals surface area contributed by atoms with E-state index in [4.69, 9.17) is 14.2 Å². The third-order valence-corrected chi connectivity index (χ3v) is 13.4. The molecule has 4 heterocycles. The van der Waals surface area contributed by atoms with Crippen LogP contribution in [0.2, 0.25) is 0 Å². The minimum atomic E-state index is -3.59. The molecule has 2 aliphatic carbocycles. The van der Waals surface area contributed by atoms with Gasteiger partial charge in [-0.05, 0) is 97.4 Å². The van der Waals surface area contributed by atoms with Crippen molar-refractivity contribution in [2.24, 2.45) is 22.1 Å². The minimum absolute atomic E-state index is 0.0149. The van der Waals surface area contributed by atoms with Gasteiger partial charge in [-0.1, -0.05) is 42.8 Å². The van der Waals surface area contributed by atoms with E-state index in [1.54, 1.807) is 17.9 Å². The van der Waals surface area contributed by atoms with Crippen LogP contribution in [0.15, 0.2) is 59.0 Å². The third kappa shape index (κ3) is 6.54. The van der Waals surface area contributed by atoms with Crippen LogP contribution in [0.4, 0.5) is 11.5 Å². The van der Waals surface area contributed by atoms with Gasteiger partial charge in [-0.15, -0.1) is 13.9 Å². The zero-order chi connectivity index (χ0) is 35.3. The number of benzene rings is 2. The maximum atomic E-state index is 14.5. The summed E-state index contributed by atoms with van der Waals surface area (Å²) in [6, 6.07) is 13.7. The Bertz CT molecular complexity index is 2000.